The highest BCUT2D eigenvalue weighted by Gasteiger charge is 2.12. The minimum absolute atomic E-state index is 0.294. The van der Waals surface area contributed by atoms with E-state index in [1.54, 1.807) is 7.11 Å². The molecule has 1 N–H and O–H groups in total. The van der Waals surface area contributed by atoms with Gasteiger partial charge in [0.25, 0.3) is 0 Å². The first-order chi connectivity index (χ1) is 8.69. The van der Waals surface area contributed by atoms with E-state index < -0.39 is 11.6 Å². The second-order valence-electron chi connectivity index (χ2n) is 3.91. The quantitative estimate of drug-likeness (QED) is 0.728. The summed E-state index contributed by atoms with van der Waals surface area (Å²) in [5.74, 6) is -1.61. The van der Waals surface area contributed by atoms with Gasteiger partial charge in [0.15, 0.2) is 17.4 Å². The van der Waals surface area contributed by atoms with Crippen molar-refractivity contribution in [2.24, 2.45) is 0 Å². The largest absolute Gasteiger partial charge is 0.488 e. The predicted octanol–water partition coefficient (Wildman–Crippen LogP) is 2.49. The number of benzene rings is 1. The van der Waals surface area contributed by atoms with Crippen LogP contribution >= 0.6 is 0 Å². The Kier molecular flexibility index (Phi) is 6.60. The van der Waals surface area contributed by atoms with Crippen LogP contribution in [-0.2, 0) is 11.3 Å². The van der Waals surface area contributed by atoms with E-state index >= 15 is 0 Å². The van der Waals surface area contributed by atoms with Gasteiger partial charge in [-0.05, 0) is 24.1 Å². The van der Waals surface area contributed by atoms with Crippen molar-refractivity contribution in [3.63, 3.8) is 0 Å². The molecule has 0 saturated carbocycles. The Bertz CT molecular complexity index is 349. The fourth-order valence-corrected chi connectivity index (χ4v) is 1.46. The van der Waals surface area contributed by atoms with Crippen molar-refractivity contribution in [2.75, 3.05) is 26.9 Å². The number of methoxy groups -OCH3 is 1. The van der Waals surface area contributed by atoms with Crippen molar-refractivity contribution in [3.05, 3.63) is 29.3 Å². The first kappa shape index (κ1) is 14.9. The van der Waals surface area contributed by atoms with Crippen molar-refractivity contribution in [1.82, 2.24) is 5.32 Å². The van der Waals surface area contributed by atoms with Gasteiger partial charge >= 0.3 is 0 Å². The lowest BCUT2D eigenvalue weighted by Crippen LogP contribution is -2.18. The Labute approximate surface area is 106 Å². The molecule has 1 aromatic rings. The molecule has 0 heterocycles. The summed E-state index contributed by atoms with van der Waals surface area (Å²) in [7, 11) is 1.60. The molecule has 0 aromatic heterocycles. The van der Waals surface area contributed by atoms with Gasteiger partial charge in [-0.2, -0.15) is 0 Å². The average molecular weight is 259 g/mol. The second kappa shape index (κ2) is 8.00. The standard InChI is InChI=1S/C13H19F2NO2/c1-3-5-18-13-11(14)7-10(8-12(13)15)9-16-4-6-17-2/h7-8,16H,3-6,9H2,1-2H3. The lowest BCUT2D eigenvalue weighted by atomic mass is 10.2. The average Bonchev–Trinajstić information content (AvgIpc) is 2.34. The molecule has 1 aromatic carbocycles. The molecule has 18 heavy (non-hydrogen) atoms. The maximum absolute atomic E-state index is 13.6. The molecular weight excluding hydrogens is 240 g/mol. The van der Waals surface area contributed by atoms with Crippen LogP contribution in [0, 0.1) is 11.6 Å². The van der Waals surface area contributed by atoms with Crippen LogP contribution in [0.1, 0.15) is 18.9 Å². The summed E-state index contributed by atoms with van der Waals surface area (Å²) in [4.78, 5) is 0. The summed E-state index contributed by atoms with van der Waals surface area (Å²) in [5, 5.41) is 3.02. The van der Waals surface area contributed by atoms with E-state index in [0.717, 1.165) is 0 Å². The van der Waals surface area contributed by atoms with Gasteiger partial charge < -0.3 is 14.8 Å². The maximum Gasteiger partial charge on any atom is 0.190 e. The molecule has 0 aliphatic carbocycles. The van der Waals surface area contributed by atoms with E-state index in [1.165, 1.54) is 12.1 Å². The van der Waals surface area contributed by atoms with Crippen LogP contribution in [0.5, 0.6) is 5.75 Å². The van der Waals surface area contributed by atoms with Gasteiger partial charge in [0.1, 0.15) is 0 Å². The molecule has 0 fully saturated rings. The summed E-state index contributed by atoms with van der Waals surface area (Å²) >= 11 is 0. The van der Waals surface area contributed by atoms with E-state index in [0.29, 0.717) is 38.3 Å². The van der Waals surface area contributed by atoms with E-state index in [1.807, 2.05) is 6.92 Å². The molecule has 0 aliphatic rings. The molecule has 0 unspecified atom stereocenters. The third kappa shape index (κ3) is 4.58. The predicted molar refractivity (Wildman–Crippen MR) is 65.7 cm³/mol. The van der Waals surface area contributed by atoms with Gasteiger partial charge in [0.2, 0.25) is 0 Å². The van der Waals surface area contributed by atoms with E-state index in [9.17, 15) is 8.78 Å². The molecule has 0 radical (unpaired) electrons. The van der Waals surface area contributed by atoms with E-state index in [-0.39, 0.29) is 5.75 Å². The molecule has 0 amide bonds. The second-order valence-corrected chi connectivity index (χ2v) is 3.91. The van der Waals surface area contributed by atoms with Gasteiger partial charge in [0.05, 0.1) is 13.2 Å². The molecule has 0 bridgehead atoms. The van der Waals surface area contributed by atoms with Crippen LogP contribution < -0.4 is 10.1 Å². The lowest BCUT2D eigenvalue weighted by Gasteiger charge is -2.10. The van der Waals surface area contributed by atoms with Gasteiger partial charge in [0, 0.05) is 20.2 Å². The van der Waals surface area contributed by atoms with Crippen molar-refractivity contribution >= 4 is 0 Å². The summed E-state index contributed by atoms with van der Waals surface area (Å²) < 4.78 is 37.1. The van der Waals surface area contributed by atoms with E-state index in [4.69, 9.17) is 9.47 Å². The molecule has 0 spiro atoms. The fourth-order valence-electron chi connectivity index (χ4n) is 1.46. The summed E-state index contributed by atoms with van der Waals surface area (Å²) in [6.07, 6.45) is 0.708. The molecule has 1 rings (SSSR count). The van der Waals surface area contributed by atoms with Gasteiger partial charge in [-0.15, -0.1) is 0 Å². The zero-order chi connectivity index (χ0) is 13.4. The Hall–Kier alpha value is -1.20. The summed E-state index contributed by atoms with van der Waals surface area (Å²) in [6.45, 7) is 3.77. The highest BCUT2D eigenvalue weighted by atomic mass is 19.1. The highest BCUT2D eigenvalue weighted by Crippen LogP contribution is 2.23. The number of ether oxygens (including phenoxy) is 2. The minimum atomic E-state index is -0.660. The zero-order valence-electron chi connectivity index (χ0n) is 10.8. The van der Waals surface area contributed by atoms with Crippen molar-refractivity contribution in [3.8, 4) is 5.75 Å². The van der Waals surface area contributed by atoms with Crippen molar-refractivity contribution in [2.45, 2.75) is 19.9 Å². The smallest absolute Gasteiger partial charge is 0.190 e. The lowest BCUT2D eigenvalue weighted by molar-refractivity contribution is 0.199. The minimum Gasteiger partial charge on any atom is -0.488 e. The molecule has 0 saturated heterocycles. The van der Waals surface area contributed by atoms with Gasteiger partial charge in [-0.3, -0.25) is 0 Å². The molecule has 5 heteroatoms. The third-order valence-corrected chi connectivity index (χ3v) is 2.32. The van der Waals surface area contributed by atoms with Crippen molar-refractivity contribution < 1.29 is 18.3 Å². The SMILES string of the molecule is CCCOc1c(F)cc(CNCCOC)cc1F. The van der Waals surface area contributed by atoms with Crippen molar-refractivity contribution in [1.29, 1.82) is 0 Å². The van der Waals surface area contributed by atoms with Crippen LogP contribution in [0.3, 0.4) is 0 Å². The third-order valence-electron chi connectivity index (χ3n) is 2.32. The Morgan fingerprint density at radius 2 is 1.83 bits per heavy atom. The number of nitrogens with one attached hydrogen (secondary N) is 1. The Morgan fingerprint density at radius 3 is 2.39 bits per heavy atom. The van der Waals surface area contributed by atoms with Gasteiger partial charge in [-0.1, -0.05) is 6.92 Å². The first-order valence-corrected chi connectivity index (χ1v) is 5.99. The topological polar surface area (TPSA) is 30.5 Å². The summed E-state index contributed by atoms with van der Waals surface area (Å²) in [5.41, 5.74) is 0.546. The molecular formula is C13H19F2NO2. The van der Waals surface area contributed by atoms with Crippen LogP contribution in [0.15, 0.2) is 12.1 Å². The van der Waals surface area contributed by atoms with Crippen LogP contribution in [0.25, 0.3) is 0 Å². The summed E-state index contributed by atoms with van der Waals surface area (Å²) in [6, 6.07) is 2.57. The van der Waals surface area contributed by atoms with Crippen LogP contribution in [0.2, 0.25) is 0 Å². The zero-order valence-corrected chi connectivity index (χ0v) is 10.8. The fraction of sp³-hybridized carbons (Fsp3) is 0.538. The number of rotatable bonds is 8. The molecule has 0 atom stereocenters. The number of hydrogen-bond acceptors (Lipinski definition) is 3. The Balaban J connectivity index is 2.61. The molecule has 3 nitrogen and oxygen atoms in total. The molecule has 102 valence electrons. The van der Waals surface area contributed by atoms with Crippen LogP contribution in [0.4, 0.5) is 8.78 Å². The highest BCUT2D eigenvalue weighted by molar-refractivity contribution is 5.31. The first-order valence-electron chi connectivity index (χ1n) is 5.99. The van der Waals surface area contributed by atoms with Gasteiger partial charge in [-0.25, -0.2) is 8.78 Å². The maximum atomic E-state index is 13.6. The number of hydrogen-bond donors (Lipinski definition) is 1. The Morgan fingerprint density at radius 1 is 1.17 bits per heavy atom. The van der Waals surface area contributed by atoms with E-state index in [2.05, 4.69) is 5.32 Å². The normalized spacial score (nSPS) is 10.7. The molecule has 0 aliphatic heterocycles. The van der Waals surface area contributed by atoms with Crippen LogP contribution in [-0.4, -0.2) is 26.9 Å². The monoisotopic (exact) mass is 259 g/mol. The number of halogens is 2.